The molecule has 0 aromatic heterocycles. The normalized spacial score (nSPS) is 21.3. The van der Waals surface area contributed by atoms with E-state index in [1.807, 2.05) is 19.1 Å². The topological polar surface area (TPSA) is 55.4 Å². The first-order valence-corrected chi connectivity index (χ1v) is 10.9. The van der Waals surface area contributed by atoms with E-state index >= 15 is 0 Å². The molecule has 2 unspecified atom stereocenters. The van der Waals surface area contributed by atoms with Crippen molar-refractivity contribution < 1.29 is 14.3 Å². The molecule has 1 aliphatic heterocycles. The van der Waals surface area contributed by atoms with Crippen molar-refractivity contribution in [3.05, 3.63) is 73.9 Å². The summed E-state index contributed by atoms with van der Waals surface area (Å²) in [6.07, 6.45) is 1.13. The van der Waals surface area contributed by atoms with Gasteiger partial charge in [0.05, 0.1) is 21.7 Å². The maximum Gasteiger partial charge on any atom is 0.225 e. The summed E-state index contributed by atoms with van der Waals surface area (Å²) in [5.41, 5.74) is 3.14. The zero-order valence-electron chi connectivity index (χ0n) is 16.3. The molecule has 0 saturated carbocycles. The number of halogens is 3. The van der Waals surface area contributed by atoms with Crippen LogP contribution in [0.1, 0.15) is 49.1 Å². The average molecular weight is 465 g/mol. The summed E-state index contributed by atoms with van der Waals surface area (Å²) in [5, 5.41) is 4.32. The molecule has 0 fully saturated rings. The summed E-state index contributed by atoms with van der Waals surface area (Å²) in [6, 6.07) is 10.9. The second-order valence-corrected chi connectivity index (χ2v) is 8.74. The van der Waals surface area contributed by atoms with Crippen molar-refractivity contribution in [2.75, 3.05) is 6.61 Å². The molecule has 2 atom stereocenters. The number of rotatable bonds is 4. The fourth-order valence-corrected chi connectivity index (χ4v) is 4.80. The summed E-state index contributed by atoms with van der Waals surface area (Å²) in [7, 11) is 0. The fourth-order valence-electron chi connectivity index (χ4n) is 4.25. The van der Waals surface area contributed by atoms with E-state index in [0.717, 1.165) is 11.1 Å². The first-order valence-electron chi connectivity index (χ1n) is 9.80. The van der Waals surface area contributed by atoms with Crippen LogP contribution < -0.4 is 10.1 Å². The van der Waals surface area contributed by atoms with Crippen molar-refractivity contribution in [2.24, 2.45) is 0 Å². The van der Waals surface area contributed by atoms with E-state index in [-0.39, 0.29) is 29.9 Å². The molecule has 1 N–H and O–H groups in total. The fraction of sp³-hybridized carbons (Fsp3) is 0.304. The quantitative estimate of drug-likeness (QED) is 0.599. The first kappa shape index (κ1) is 21.2. The van der Waals surface area contributed by atoms with Gasteiger partial charge in [-0.3, -0.25) is 9.59 Å². The Morgan fingerprint density at radius 2 is 1.67 bits per heavy atom. The van der Waals surface area contributed by atoms with Crippen molar-refractivity contribution >= 4 is 46.5 Å². The molecule has 0 bridgehead atoms. The highest BCUT2D eigenvalue weighted by molar-refractivity contribution is 6.42. The van der Waals surface area contributed by atoms with Crippen LogP contribution >= 0.6 is 34.8 Å². The minimum Gasteiger partial charge on any atom is -0.492 e. The largest absolute Gasteiger partial charge is 0.492 e. The van der Waals surface area contributed by atoms with Gasteiger partial charge in [0.2, 0.25) is 5.91 Å². The van der Waals surface area contributed by atoms with Gasteiger partial charge in [-0.2, -0.15) is 0 Å². The lowest BCUT2D eigenvalue weighted by atomic mass is 9.73. The second-order valence-electron chi connectivity index (χ2n) is 7.52. The highest BCUT2D eigenvalue weighted by Crippen LogP contribution is 2.44. The maximum atomic E-state index is 13.2. The molecule has 1 heterocycles. The lowest BCUT2D eigenvalue weighted by Gasteiger charge is -2.34. The molecule has 30 heavy (non-hydrogen) atoms. The van der Waals surface area contributed by atoms with Gasteiger partial charge in [-0.15, -0.1) is 0 Å². The monoisotopic (exact) mass is 463 g/mol. The van der Waals surface area contributed by atoms with Crippen molar-refractivity contribution in [2.45, 2.75) is 38.0 Å². The summed E-state index contributed by atoms with van der Waals surface area (Å²) < 4.78 is 5.50. The third-order valence-corrected chi connectivity index (χ3v) is 6.64. The van der Waals surface area contributed by atoms with Gasteiger partial charge in [-0.1, -0.05) is 46.9 Å². The third-order valence-electron chi connectivity index (χ3n) is 5.61. The van der Waals surface area contributed by atoms with Crippen molar-refractivity contribution in [1.82, 2.24) is 5.32 Å². The Kier molecular flexibility index (Phi) is 6.10. The highest BCUT2D eigenvalue weighted by Gasteiger charge is 2.38. The summed E-state index contributed by atoms with van der Waals surface area (Å²) in [6.45, 7) is 2.40. The Bertz CT molecular complexity index is 1060. The maximum absolute atomic E-state index is 13.2. The molecule has 2 aliphatic rings. The van der Waals surface area contributed by atoms with Gasteiger partial charge in [0, 0.05) is 30.0 Å². The van der Waals surface area contributed by atoms with Crippen LogP contribution in [-0.4, -0.2) is 18.3 Å². The van der Waals surface area contributed by atoms with Gasteiger partial charge in [0.15, 0.2) is 5.78 Å². The molecule has 1 aliphatic carbocycles. The number of hydrogen-bond acceptors (Lipinski definition) is 3. The second kappa shape index (κ2) is 8.62. The van der Waals surface area contributed by atoms with Gasteiger partial charge in [-0.05, 0) is 54.7 Å². The minimum atomic E-state index is -0.316. The van der Waals surface area contributed by atoms with E-state index in [4.69, 9.17) is 39.5 Å². The smallest absolute Gasteiger partial charge is 0.225 e. The Labute approximate surface area is 190 Å². The highest BCUT2D eigenvalue weighted by atomic mass is 35.5. The third kappa shape index (κ3) is 4.09. The number of benzene rings is 2. The van der Waals surface area contributed by atoms with E-state index in [9.17, 15) is 9.59 Å². The van der Waals surface area contributed by atoms with Gasteiger partial charge >= 0.3 is 0 Å². The number of hydrogen-bond donors (Lipinski definition) is 1. The van der Waals surface area contributed by atoms with Crippen LogP contribution in [0.2, 0.25) is 15.1 Å². The number of Topliss-reactive ketones (excluding diaryl/α,β-unsaturated/α-hetero) is 1. The van der Waals surface area contributed by atoms with Gasteiger partial charge in [0.25, 0.3) is 0 Å². The molecule has 7 heteroatoms. The molecule has 0 radical (unpaired) electrons. The molecule has 2 aromatic rings. The van der Waals surface area contributed by atoms with E-state index < -0.39 is 0 Å². The Hall–Kier alpha value is -2.01. The van der Waals surface area contributed by atoms with Crippen LogP contribution in [-0.2, 0) is 9.59 Å². The summed E-state index contributed by atoms with van der Waals surface area (Å²) in [4.78, 5) is 25.6. The Morgan fingerprint density at radius 3 is 2.37 bits per heavy atom. The van der Waals surface area contributed by atoms with Crippen LogP contribution in [0.15, 0.2) is 47.7 Å². The minimum absolute atomic E-state index is 0.0299. The number of amides is 1. The molecule has 0 saturated heterocycles. The molecule has 156 valence electrons. The Balaban J connectivity index is 1.68. The van der Waals surface area contributed by atoms with Crippen molar-refractivity contribution in [3.63, 3.8) is 0 Å². The van der Waals surface area contributed by atoms with Gasteiger partial charge in [0.1, 0.15) is 5.75 Å². The predicted molar refractivity (Wildman–Crippen MR) is 119 cm³/mol. The van der Waals surface area contributed by atoms with E-state index in [0.29, 0.717) is 51.5 Å². The summed E-state index contributed by atoms with van der Waals surface area (Å²) >= 11 is 18.5. The lowest BCUT2D eigenvalue weighted by Crippen LogP contribution is -2.38. The molecular formula is C23H20Cl3NO3. The first-order chi connectivity index (χ1) is 14.4. The lowest BCUT2D eigenvalue weighted by molar-refractivity contribution is -0.122. The number of nitrogens with one attached hydrogen (secondary N) is 1. The van der Waals surface area contributed by atoms with Crippen LogP contribution in [0, 0.1) is 0 Å². The van der Waals surface area contributed by atoms with E-state index in [2.05, 4.69) is 5.32 Å². The number of ether oxygens (including phenoxy) is 1. The number of ketones is 1. The van der Waals surface area contributed by atoms with Crippen molar-refractivity contribution in [3.8, 4) is 5.75 Å². The molecular weight excluding hydrogens is 445 g/mol. The number of allylic oxidation sites excluding steroid dienone is 2. The average Bonchev–Trinajstić information content (AvgIpc) is 2.70. The van der Waals surface area contributed by atoms with E-state index in [1.54, 1.807) is 24.3 Å². The molecule has 1 amide bonds. The SMILES string of the molecule is CCOc1ccc(C2CC(=O)NC3=C2C(=O)CC(c2ccc(Cl)c(Cl)c2)C3)cc1Cl. The van der Waals surface area contributed by atoms with Crippen LogP contribution in [0.25, 0.3) is 0 Å². The molecule has 4 rings (SSSR count). The predicted octanol–water partition coefficient (Wildman–Crippen LogP) is 6.05. The summed E-state index contributed by atoms with van der Waals surface area (Å²) in [5.74, 6) is 0.138. The zero-order valence-corrected chi connectivity index (χ0v) is 18.6. The van der Waals surface area contributed by atoms with Gasteiger partial charge in [-0.25, -0.2) is 0 Å². The van der Waals surface area contributed by atoms with E-state index in [1.165, 1.54) is 0 Å². The standard InChI is InChI=1S/C23H20Cl3NO3/c1-2-30-21-6-4-13(8-18(21)26)15-11-22(29)27-19-9-14(10-20(28)23(15)19)12-3-5-16(24)17(25)7-12/h3-8,14-15H,2,9-11H2,1H3,(H,27,29). The van der Waals surface area contributed by atoms with Crippen LogP contribution in [0.3, 0.4) is 0 Å². The number of carbonyl (C=O) groups is 2. The zero-order chi connectivity index (χ0) is 21.4. The van der Waals surface area contributed by atoms with Crippen LogP contribution in [0.4, 0.5) is 0 Å². The van der Waals surface area contributed by atoms with Gasteiger partial charge < -0.3 is 10.1 Å². The van der Waals surface area contributed by atoms with Crippen LogP contribution in [0.5, 0.6) is 5.75 Å². The Morgan fingerprint density at radius 1 is 0.933 bits per heavy atom. The van der Waals surface area contributed by atoms with Crippen molar-refractivity contribution in [1.29, 1.82) is 0 Å². The molecule has 0 spiro atoms. The molecule has 2 aromatic carbocycles. The molecule has 4 nitrogen and oxygen atoms in total. The number of carbonyl (C=O) groups excluding carboxylic acids is 2.